The molecule has 0 aliphatic carbocycles. The van der Waals surface area contributed by atoms with E-state index in [1.54, 1.807) is 62.4 Å². The number of carbonyl (C=O) groups is 4. The van der Waals surface area contributed by atoms with E-state index in [1.807, 2.05) is 12.1 Å². The van der Waals surface area contributed by atoms with Crippen molar-refractivity contribution in [3.05, 3.63) is 71.8 Å². The third-order valence-electron chi connectivity index (χ3n) is 5.14. The van der Waals surface area contributed by atoms with Gasteiger partial charge in [0, 0.05) is 0 Å². The molecule has 0 bridgehead atoms. The van der Waals surface area contributed by atoms with Gasteiger partial charge in [-0.1, -0.05) is 0 Å². The van der Waals surface area contributed by atoms with Crippen molar-refractivity contribution in [2.75, 3.05) is 27.4 Å². The first-order valence-electron chi connectivity index (χ1n) is 11.8. The van der Waals surface area contributed by atoms with Crippen molar-refractivity contribution in [3.8, 4) is 0 Å². The molecule has 0 radical (unpaired) electrons. The zero-order valence-corrected chi connectivity index (χ0v) is 25.0. The van der Waals surface area contributed by atoms with Crippen LogP contribution in [0.2, 0.25) is 9.63 Å². The van der Waals surface area contributed by atoms with Crippen molar-refractivity contribution in [2.45, 2.75) is 35.6 Å². The number of rotatable bonds is 13. The molecule has 0 spiro atoms. The van der Waals surface area contributed by atoms with Crippen molar-refractivity contribution >= 4 is 50.4 Å². The number of esters is 2. The SMILES string of the molecule is CCOC(=O)[C@@H]([Se][Se][C@H](C(=O)OCC)[C@H](NC(=O)OC)c1ccccc1)[C@H](NC(=O)OC)c1ccccc1. The zero-order chi connectivity index (χ0) is 27.9. The molecule has 0 aliphatic heterocycles. The Balaban J connectivity index is 2.48. The summed E-state index contributed by atoms with van der Waals surface area (Å²) in [6, 6.07) is 16.5. The van der Waals surface area contributed by atoms with Gasteiger partial charge in [0.05, 0.1) is 0 Å². The van der Waals surface area contributed by atoms with E-state index in [-0.39, 0.29) is 13.2 Å². The molecule has 2 rings (SSSR count). The molecule has 12 heteroatoms. The summed E-state index contributed by atoms with van der Waals surface area (Å²) in [5, 5.41) is 5.52. The predicted molar refractivity (Wildman–Crippen MR) is 142 cm³/mol. The Kier molecular flexibility index (Phi) is 13.7. The van der Waals surface area contributed by atoms with Crippen LogP contribution in [0, 0.1) is 0 Å². The number of methoxy groups -OCH3 is 2. The Morgan fingerprint density at radius 1 is 0.658 bits per heavy atom. The van der Waals surface area contributed by atoms with Gasteiger partial charge in [0.25, 0.3) is 0 Å². The van der Waals surface area contributed by atoms with E-state index in [1.165, 1.54) is 14.2 Å². The first kappa shape index (κ1) is 31.2. The molecule has 10 nitrogen and oxygen atoms in total. The molecule has 0 heterocycles. The Labute approximate surface area is 233 Å². The van der Waals surface area contributed by atoms with Gasteiger partial charge in [0.2, 0.25) is 0 Å². The van der Waals surface area contributed by atoms with Crippen molar-refractivity contribution in [1.82, 2.24) is 10.6 Å². The molecular formula is C26H32N2O8Se2. The third-order valence-corrected chi connectivity index (χ3v) is 13.9. The quantitative estimate of drug-likeness (QED) is 0.191. The van der Waals surface area contributed by atoms with Crippen molar-refractivity contribution in [1.29, 1.82) is 0 Å². The van der Waals surface area contributed by atoms with Gasteiger partial charge in [-0.15, -0.1) is 0 Å². The number of amides is 2. The van der Waals surface area contributed by atoms with E-state index < -0.39 is 72.1 Å². The van der Waals surface area contributed by atoms with Crippen LogP contribution in [-0.4, -0.2) is 77.8 Å². The van der Waals surface area contributed by atoms with Crippen LogP contribution in [0.3, 0.4) is 0 Å². The van der Waals surface area contributed by atoms with Gasteiger partial charge in [0.15, 0.2) is 0 Å². The molecule has 2 aromatic carbocycles. The molecule has 2 aromatic rings. The maximum absolute atomic E-state index is 13.2. The van der Waals surface area contributed by atoms with Crippen molar-refractivity contribution < 1.29 is 38.1 Å². The van der Waals surface area contributed by atoms with Crippen LogP contribution in [0.5, 0.6) is 0 Å². The minimum atomic E-state index is -0.782. The van der Waals surface area contributed by atoms with E-state index in [0.29, 0.717) is 11.1 Å². The standard InChI is InChI=1S/C26H32N2O8Se2/c1-5-35-23(29)21(19(27-25(31)33-3)17-13-9-7-10-14-17)37-38-22(24(30)36-6-2)20(28-26(32)34-4)18-15-11-8-12-16-18/h7-16,19-22H,5-6H2,1-4H3,(H,27,31)(H,28,32)/t19-,20-,21+,22+/m1/s1. The van der Waals surface area contributed by atoms with Gasteiger partial charge in [-0.2, -0.15) is 0 Å². The van der Waals surface area contributed by atoms with Gasteiger partial charge in [0.1, 0.15) is 0 Å². The second-order valence-corrected chi connectivity index (χ2v) is 14.7. The van der Waals surface area contributed by atoms with Crippen LogP contribution in [0.15, 0.2) is 60.7 Å². The maximum atomic E-state index is 13.2. The third kappa shape index (κ3) is 9.36. The van der Waals surface area contributed by atoms with E-state index in [0.717, 1.165) is 0 Å². The molecule has 2 N–H and O–H groups in total. The van der Waals surface area contributed by atoms with Crippen LogP contribution in [-0.2, 0) is 28.5 Å². The fourth-order valence-electron chi connectivity index (χ4n) is 3.39. The fourth-order valence-corrected chi connectivity index (χ4v) is 12.7. The van der Waals surface area contributed by atoms with E-state index in [4.69, 9.17) is 18.9 Å². The van der Waals surface area contributed by atoms with Crippen LogP contribution in [0.25, 0.3) is 0 Å². The Bertz CT molecular complexity index is 959. The number of carbonyl (C=O) groups excluding carboxylic acids is 4. The number of ether oxygens (including phenoxy) is 4. The summed E-state index contributed by atoms with van der Waals surface area (Å²) in [5.41, 5.74) is 1.38. The van der Waals surface area contributed by atoms with Gasteiger partial charge in [-0.3, -0.25) is 0 Å². The molecule has 38 heavy (non-hydrogen) atoms. The number of hydrogen-bond acceptors (Lipinski definition) is 8. The summed E-state index contributed by atoms with van der Waals surface area (Å²) in [5.74, 6) is -1.00. The molecule has 0 fully saturated rings. The first-order valence-corrected chi connectivity index (χ1v) is 18.1. The average Bonchev–Trinajstić information content (AvgIpc) is 2.94. The molecule has 2 amide bonds. The molecule has 206 valence electrons. The first-order chi connectivity index (χ1) is 18.4. The molecule has 4 atom stereocenters. The van der Waals surface area contributed by atoms with Gasteiger partial charge in [-0.05, 0) is 0 Å². The summed E-state index contributed by atoms with van der Waals surface area (Å²) >= 11 is -1.11. The fraction of sp³-hybridized carbons (Fsp3) is 0.385. The monoisotopic (exact) mass is 660 g/mol. The molecule has 0 aromatic heterocycles. The van der Waals surface area contributed by atoms with Gasteiger partial charge < -0.3 is 0 Å². The number of hydrogen-bond donors (Lipinski definition) is 2. The van der Waals surface area contributed by atoms with Crippen molar-refractivity contribution in [2.24, 2.45) is 0 Å². The number of alkyl carbamates (subject to hydrolysis) is 2. The van der Waals surface area contributed by atoms with Crippen LogP contribution < -0.4 is 10.6 Å². The van der Waals surface area contributed by atoms with Crippen LogP contribution in [0.4, 0.5) is 9.59 Å². The second-order valence-electron chi connectivity index (χ2n) is 7.59. The molecular weight excluding hydrogens is 626 g/mol. The van der Waals surface area contributed by atoms with E-state index >= 15 is 0 Å². The van der Waals surface area contributed by atoms with E-state index in [2.05, 4.69) is 10.6 Å². The molecule has 0 aliphatic rings. The Hall–Kier alpha value is -3.04. The average molecular weight is 658 g/mol. The van der Waals surface area contributed by atoms with Crippen molar-refractivity contribution in [3.63, 3.8) is 0 Å². The summed E-state index contributed by atoms with van der Waals surface area (Å²) in [6.07, 6.45) is -1.40. The van der Waals surface area contributed by atoms with Gasteiger partial charge in [-0.25, -0.2) is 0 Å². The zero-order valence-electron chi connectivity index (χ0n) is 21.6. The Morgan fingerprint density at radius 2 is 1.00 bits per heavy atom. The van der Waals surface area contributed by atoms with Crippen LogP contribution in [0.1, 0.15) is 37.1 Å². The molecule has 0 saturated heterocycles. The Morgan fingerprint density at radius 3 is 1.29 bits per heavy atom. The number of nitrogens with one attached hydrogen (secondary N) is 2. The summed E-state index contributed by atoms with van der Waals surface area (Å²) in [6.45, 7) is 3.70. The summed E-state index contributed by atoms with van der Waals surface area (Å²) < 4.78 is 20.4. The number of benzene rings is 2. The molecule has 0 unspecified atom stereocenters. The molecule has 0 saturated carbocycles. The summed E-state index contributed by atoms with van der Waals surface area (Å²) in [4.78, 5) is 49.3. The predicted octanol–water partition coefficient (Wildman–Crippen LogP) is 3.21. The van der Waals surface area contributed by atoms with E-state index in [9.17, 15) is 19.2 Å². The minimum absolute atomic E-state index is 0.149. The topological polar surface area (TPSA) is 129 Å². The van der Waals surface area contributed by atoms with Gasteiger partial charge >= 0.3 is 234 Å². The van der Waals surface area contributed by atoms with Crippen LogP contribution >= 0.6 is 0 Å². The second kappa shape index (κ2) is 16.7. The normalized spacial score (nSPS) is 13.7. The summed E-state index contributed by atoms with van der Waals surface area (Å²) in [7, 11) is 2.48.